The Kier molecular flexibility index (Phi) is 4.57. The Balaban J connectivity index is 2.19. The van der Waals surface area contributed by atoms with Crippen LogP contribution in [0.5, 0.6) is 5.75 Å². The molecule has 0 atom stereocenters. The largest absolute Gasteiger partial charge is 0.496 e. The highest BCUT2D eigenvalue weighted by molar-refractivity contribution is 5.78. The van der Waals surface area contributed by atoms with Crippen molar-refractivity contribution in [3.05, 3.63) is 83.4 Å². The minimum Gasteiger partial charge on any atom is -0.496 e. The molecule has 0 aliphatic heterocycles. The normalized spacial score (nSPS) is 10.5. The number of methoxy groups -OCH3 is 1. The quantitative estimate of drug-likeness (QED) is 0.577. The number of nitrogens with zero attached hydrogens (tertiary/aromatic N) is 1. The first kappa shape index (κ1) is 16.1. The second-order valence-electron chi connectivity index (χ2n) is 6.17. The summed E-state index contributed by atoms with van der Waals surface area (Å²) in [4.78, 5) is 2.27. The highest BCUT2D eigenvalue weighted by Gasteiger charge is 2.14. The third-order valence-electron chi connectivity index (χ3n) is 4.17. The third-order valence-corrected chi connectivity index (χ3v) is 4.17. The Morgan fingerprint density at radius 3 is 1.71 bits per heavy atom. The zero-order chi connectivity index (χ0) is 17.1. The van der Waals surface area contributed by atoms with Gasteiger partial charge in [0, 0.05) is 23.1 Å². The van der Waals surface area contributed by atoms with E-state index in [1.165, 1.54) is 11.1 Å². The van der Waals surface area contributed by atoms with E-state index in [9.17, 15) is 0 Å². The van der Waals surface area contributed by atoms with Crippen molar-refractivity contribution >= 4 is 17.1 Å². The molecule has 0 radical (unpaired) electrons. The van der Waals surface area contributed by atoms with Crippen molar-refractivity contribution in [3.63, 3.8) is 0 Å². The second-order valence-corrected chi connectivity index (χ2v) is 6.17. The Morgan fingerprint density at radius 1 is 0.667 bits per heavy atom. The van der Waals surface area contributed by atoms with Crippen LogP contribution in [0.15, 0.2) is 66.7 Å². The van der Waals surface area contributed by atoms with Gasteiger partial charge >= 0.3 is 0 Å². The molecule has 0 aliphatic rings. The molecule has 0 saturated heterocycles. The Bertz CT molecular complexity index is 809. The number of rotatable bonds is 4. The molecular weight excluding hydrogens is 294 g/mol. The van der Waals surface area contributed by atoms with E-state index < -0.39 is 0 Å². The summed E-state index contributed by atoms with van der Waals surface area (Å²) >= 11 is 0. The Morgan fingerprint density at radius 2 is 1.21 bits per heavy atom. The number of hydrogen-bond donors (Lipinski definition) is 0. The lowest BCUT2D eigenvalue weighted by atomic mass is 10.1. The standard InChI is InChI=1S/C22H23NO/c1-16-7-5-9-19(13-16)23(20-10-6-8-17(2)14-20)21-12-11-18(3)22(15-21)24-4/h5-15H,1-4H3. The van der Waals surface area contributed by atoms with Crippen LogP contribution in [0.1, 0.15) is 16.7 Å². The van der Waals surface area contributed by atoms with E-state index in [-0.39, 0.29) is 0 Å². The summed E-state index contributed by atoms with van der Waals surface area (Å²) in [5, 5.41) is 0. The molecule has 0 unspecified atom stereocenters. The molecule has 3 rings (SSSR count). The summed E-state index contributed by atoms with van der Waals surface area (Å²) in [6, 6.07) is 23.5. The Labute approximate surface area is 144 Å². The Hall–Kier alpha value is -2.74. The van der Waals surface area contributed by atoms with Gasteiger partial charge < -0.3 is 9.64 Å². The van der Waals surface area contributed by atoms with Crippen LogP contribution in [0.25, 0.3) is 0 Å². The van der Waals surface area contributed by atoms with Gasteiger partial charge in [-0.1, -0.05) is 30.3 Å². The molecule has 0 N–H and O–H groups in total. The van der Waals surface area contributed by atoms with Gasteiger partial charge in [-0.3, -0.25) is 0 Å². The van der Waals surface area contributed by atoms with Gasteiger partial charge in [-0.25, -0.2) is 0 Å². The van der Waals surface area contributed by atoms with Gasteiger partial charge in [-0.05, 0) is 67.8 Å². The first-order chi connectivity index (χ1) is 11.6. The van der Waals surface area contributed by atoms with Crippen molar-refractivity contribution in [2.24, 2.45) is 0 Å². The highest BCUT2D eigenvalue weighted by atomic mass is 16.5. The average molecular weight is 317 g/mol. The molecule has 2 heteroatoms. The fraction of sp³-hybridized carbons (Fsp3) is 0.182. The second kappa shape index (κ2) is 6.79. The fourth-order valence-electron chi connectivity index (χ4n) is 2.93. The maximum absolute atomic E-state index is 5.53. The fourth-order valence-corrected chi connectivity index (χ4v) is 2.93. The van der Waals surface area contributed by atoms with Gasteiger partial charge in [-0.2, -0.15) is 0 Å². The molecule has 0 bridgehead atoms. The predicted molar refractivity (Wildman–Crippen MR) is 102 cm³/mol. The lowest BCUT2D eigenvalue weighted by Crippen LogP contribution is -2.10. The van der Waals surface area contributed by atoms with Crippen molar-refractivity contribution in [3.8, 4) is 5.75 Å². The topological polar surface area (TPSA) is 12.5 Å². The summed E-state index contributed by atoms with van der Waals surface area (Å²) in [5.41, 5.74) is 7.00. The number of anilines is 3. The monoisotopic (exact) mass is 317 g/mol. The van der Waals surface area contributed by atoms with E-state index in [1.54, 1.807) is 7.11 Å². The van der Waals surface area contributed by atoms with Crippen molar-refractivity contribution in [2.75, 3.05) is 12.0 Å². The van der Waals surface area contributed by atoms with Gasteiger partial charge in [0.15, 0.2) is 0 Å². The number of benzene rings is 3. The molecule has 2 nitrogen and oxygen atoms in total. The van der Waals surface area contributed by atoms with Crippen molar-refractivity contribution in [1.29, 1.82) is 0 Å². The van der Waals surface area contributed by atoms with Crippen LogP contribution in [0.2, 0.25) is 0 Å². The first-order valence-corrected chi connectivity index (χ1v) is 8.16. The number of ether oxygens (including phenoxy) is 1. The molecule has 0 saturated carbocycles. The van der Waals surface area contributed by atoms with Gasteiger partial charge in [0.2, 0.25) is 0 Å². The van der Waals surface area contributed by atoms with Gasteiger partial charge in [0.05, 0.1) is 7.11 Å². The van der Waals surface area contributed by atoms with Crippen LogP contribution in [0, 0.1) is 20.8 Å². The third kappa shape index (κ3) is 3.28. The van der Waals surface area contributed by atoms with Crippen LogP contribution in [-0.4, -0.2) is 7.11 Å². The zero-order valence-electron chi connectivity index (χ0n) is 14.7. The van der Waals surface area contributed by atoms with Crippen LogP contribution >= 0.6 is 0 Å². The zero-order valence-corrected chi connectivity index (χ0v) is 14.7. The maximum atomic E-state index is 5.53. The molecule has 3 aromatic rings. The molecule has 0 fully saturated rings. The van der Waals surface area contributed by atoms with Gasteiger partial charge in [-0.15, -0.1) is 0 Å². The van der Waals surface area contributed by atoms with E-state index in [0.717, 1.165) is 28.4 Å². The molecule has 0 heterocycles. The van der Waals surface area contributed by atoms with E-state index >= 15 is 0 Å². The highest BCUT2D eigenvalue weighted by Crippen LogP contribution is 2.37. The molecule has 24 heavy (non-hydrogen) atoms. The number of hydrogen-bond acceptors (Lipinski definition) is 2. The van der Waals surface area contributed by atoms with E-state index in [4.69, 9.17) is 4.74 Å². The summed E-state index contributed by atoms with van der Waals surface area (Å²) in [6.07, 6.45) is 0. The van der Waals surface area contributed by atoms with Crippen LogP contribution in [0.4, 0.5) is 17.1 Å². The first-order valence-electron chi connectivity index (χ1n) is 8.16. The SMILES string of the molecule is COc1cc(N(c2cccc(C)c2)c2cccc(C)c2)ccc1C. The summed E-state index contributed by atoms with van der Waals surface area (Å²) in [5.74, 6) is 0.901. The van der Waals surface area contributed by atoms with Gasteiger partial charge in [0.1, 0.15) is 5.75 Å². The van der Waals surface area contributed by atoms with E-state index in [0.29, 0.717) is 0 Å². The van der Waals surface area contributed by atoms with E-state index in [1.807, 2.05) is 0 Å². The molecule has 122 valence electrons. The van der Waals surface area contributed by atoms with Crippen LogP contribution < -0.4 is 9.64 Å². The average Bonchev–Trinajstić information content (AvgIpc) is 2.57. The molecular formula is C22H23NO. The lowest BCUT2D eigenvalue weighted by Gasteiger charge is -2.26. The molecule has 0 aromatic heterocycles. The molecule has 3 aromatic carbocycles. The van der Waals surface area contributed by atoms with Crippen molar-refractivity contribution in [2.45, 2.75) is 20.8 Å². The molecule has 0 aliphatic carbocycles. The lowest BCUT2D eigenvalue weighted by molar-refractivity contribution is 0.412. The van der Waals surface area contributed by atoms with Gasteiger partial charge in [0.25, 0.3) is 0 Å². The smallest absolute Gasteiger partial charge is 0.123 e. The summed E-state index contributed by atoms with van der Waals surface area (Å²) in [7, 11) is 1.72. The summed E-state index contributed by atoms with van der Waals surface area (Å²) in [6.45, 7) is 6.30. The number of aryl methyl sites for hydroxylation is 3. The van der Waals surface area contributed by atoms with Crippen LogP contribution in [0.3, 0.4) is 0 Å². The minimum absolute atomic E-state index is 0.901. The molecule has 0 spiro atoms. The van der Waals surface area contributed by atoms with E-state index in [2.05, 4.69) is 92.4 Å². The van der Waals surface area contributed by atoms with Crippen molar-refractivity contribution in [1.82, 2.24) is 0 Å². The maximum Gasteiger partial charge on any atom is 0.123 e. The molecule has 0 amide bonds. The summed E-state index contributed by atoms with van der Waals surface area (Å²) < 4.78 is 5.53. The predicted octanol–water partition coefficient (Wildman–Crippen LogP) is 6.09. The van der Waals surface area contributed by atoms with Crippen molar-refractivity contribution < 1.29 is 4.74 Å². The minimum atomic E-state index is 0.901. The van der Waals surface area contributed by atoms with Crippen LogP contribution in [-0.2, 0) is 0 Å².